The van der Waals surface area contributed by atoms with Crippen molar-refractivity contribution in [3.8, 4) is 17.0 Å². The van der Waals surface area contributed by atoms with Crippen molar-refractivity contribution in [2.75, 3.05) is 30.0 Å². The second-order valence-corrected chi connectivity index (χ2v) is 8.42. The molecule has 0 radical (unpaired) electrons. The van der Waals surface area contributed by atoms with Crippen LogP contribution in [0.4, 0.5) is 5.13 Å². The van der Waals surface area contributed by atoms with E-state index in [2.05, 4.69) is 15.3 Å². The van der Waals surface area contributed by atoms with E-state index in [1.165, 1.54) is 11.3 Å². The molecular weight excluding hydrogens is 374 g/mol. The maximum atomic E-state index is 12.0. The van der Waals surface area contributed by atoms with Gasteiger partial charge in [-0.1, -0.05) is 23.5 Å². The van der Waals surface area contributed by atoms with Gasteiger partial charge in [0, 0.05) is 28.9 Å². The van der Waals surface area contributed by atoms with Crippen LogP contribution in [0.3, 0.4) is 0 Å². The Kier molecular flexibility index (Phi) is 6.77. The lowest BCUT2D eigenvalue weighted by Gasteiger charge is -2.03. The van der Waals surface area contributed by atoms with Crippen LogP contribution in [0.1, 0.15) is 13.3 Å². The van der Waals surface area contributed by atoms with Crippen LogP contribution in [0.25, 0.3) is 11.3 Å². The van der Waals surface area contributed by atoms with E-state index in [1.54, 1.807) is 23.5 Å². The van der Waals surface area contributed by atoms with Crippen molar-refractivity contribution >= 4 is 50.3 Å². The Hall–Kier alpha value is -1.51. The number of carbonyl (C=O) groups is 1. The standard InChI is InChI=1S/C17H19N3O2S3/c1-2-22-13-5-3-12(4-6-13)14-11-25-16(19-14)20-15(21)7-9-23-17-18-8-10-24-17/h3-6,11H,2,7-10H2,1H3,(H,19,20,21). The van der Waals surface area contributed by atoms with Crippen molar-refractivity contribution in [2.45, 2.75) is 13.3 Å². The summed E-state index contributed by atoms with van der Waals surface area (Å²) in [5.41, 5.74) is 1.86. The molecule has 0 atom stereocenters. The molecule has 1 aromatic carbocycles. The molecule has 0 unspecified atom stereocenters. The van der Waals surface area contributed by atoms with Crippen molar-refractivity contribution in [1.82, 2.24) is 4.98 Å². The summed E-state index contributed by atoms with van der Waals surface area (Å²) in [6.45, 7) is 3.51. The summed E-state index contributed by atoms with van der Waals surface area (Å²) < 4.78 is 6.54. The molecule has 1 amide bonds. The molecule has 8 heteroatoms. The maximum Gasteiger partial charge on any atom is 0.226 e. The third kappa shape index (κ3) is 5.49. The zero-order valence-corrected chi connectivity index (χ0v) is 16.3. The van der Waals surface area contributed by atoms with Crippen molar-refractivity contribution in [3.05, 3.63) is 29.6 Å². The third-order valence-electron chi connectivity index (χ3n) is 3.32. The highest BCUT2D eigenvalue weighted by Gasteiger charge is 2.11. The van der Waals surface area contributed by atoms with Crippen LogP contribution in [0, 0.1) is 0 Å². The summed E-state index contributed by atoms with van der Waals surface area (Å²) >= 11 is 4.86. The predicted octanol–water partition coefficient (Wildman–Crippen LogP) is 4.37. The number of aliphatic imine (C=N–C) groups is 1. The summed E-state index contributed by atoms with van der Waals surface area (Å²) in [6.07, 6.45) is 0.461. The molecule has 1 aliphatic rings. The van der Waals surface area contributed by atoms with E-state index in [1.807, 2.05) is 36.6 Å². The number of anilines is 1. The van der Waals surface area contributed by atoms with E-state index >= 15 is 0 Å². The molecule has 1 aliphatic heterocycles. The van der Waals surface area contributed by atoms with E-state index in [-0.39, 0.29) is 5.91 Å². The number of benzene rings is 1. The topological polar surface area (TPSA) is 63.6 Å². The Labute approximate surface area is 159 Å². The van der Waals surface area contributed by atoms with Crippen molar-refractivity contribution in [1.29, 1.82) is 0 Å². The second kappa shape index (κ2) is 9.26. The first kappa shape index (κ1) is 18.3. The zero-order valence-electron chi connectivity index (χ0n) is 13.9. The van der Waals surface area contributed by atoms with Crippen molar-refractivity contribution in [3.63, 3.8) is 0 Å². The monoisotopic (exact) mass is 393 g/mol. The number of thioether (sulfide) groups is 2. The lowest BCUT2D eigenvalue weighted by Crippen LogP contribution is -2.12. The summed E-state index contributed by atoms with van der Waals surface area (Å²) in [6, 6.07) is 7.80. The van der Waals surface area contributed by atoms with Gasteiger partial charge >= 0.3 is 0 Å². The Morgan fingerprint density at radius 2 is 2.20 bits per heavy atom. The quantitative estimate of drug-likeness (QED) is 0.757. The van der Waals surface area contributed by atoms with E-state index in [9.17, 15) is 4.79 Å². The molecule has 5 nitrogen and oxygen atoms in total. The van der Waals surface area contributed by atoms with Gasteiger partial charge < -0.3 is 10.1 Å². The molecule has 2 heterocycles. The van der Waals surface area contributed by atoms with Crippen LogP contribution in [0.2, 0.25) is 0 Å². The van der Waals surface area contributed by atoms with E-state index < -0.39 is 0 Å². The number of nitrogens with zero attached hydrogens (tertiary/aromatic N) is 2. The zero-order chi connectivity index (χ0) is 17.5. The number of aromatic nitrogens is 1. The minimum atomic E-state index is -0.0105. The van der Waals surface area contributed by atoms with Gasteiger partial charge in [-0.25, -0.2) is 4.98 Å². The number of hydrogen-bond acceptors (Lipinski definition) is 7. The highest BCUT2D eigenvalue weighted by molar-refractivity contribution is 8.39. The van der Waals surface area contributed by atoms with Crippen molar-refractivity contribution in [2.24, 2.45) is 4.99 Å². The third-order valence-corrected chi connectivity index (χ3v) is 6.34. The highest BCUT2D eigenvalue weighted by atomic mass is 32.2. The molecule has 0 bridgehead atoms. The molecule has 25 heavy (non-hydrogen) atoms. The first-order valence-corrected chi connectivity index (χ1v) is 10.9. The molecule has 0 saturated heterocycles. The maximum absolute atomic E-state index is 12.0. The highest BCUT2D eigenvalue weighted by Crippen LogP contribution is 2.27. The van der Waals surface area contributed by atoms with E-state index in [4.69, 9.17) is 4.74 Å². The first-order valence-electron chi connectivity index (χ1n) is 8.03. The van der Waals surface area contributed by atoms with Gasteiger partial charge in [-0.3, -0.25) is 9.79 Å². The average Bonchev–Trinajstić information content (AvgIpc) is 3.28. The lowest BCUT2D eigenvalue weighted by atomic mass is 10.2. The predicted molar refractivity (Wildman–Crippen MR) is 109 cm³/mol. The number of rotatable bonds is 7. The Morgan fingerprint density at radius 1 is 1.36 bits per heavy atom. The van der Waals surface area contributed by atoms with Crippen LogP contribution in [-0.2, 0) is 4.79 Å². The normalized spacial score (nSPS) is 13.6. The van der Waals surface area contributed by atoms with Crippen LogP contribution >= 0.6 is 34.9 Å². The summed E-state index contributed by atoms with van der Waals surface area (Å²) in [4.78, 5) is 20.9. The number of thiazole rings is 1. The number of ether oxygens (including phenoxy) is 1. The van der Waals surface area contributed by atoms with E-state index in [0.29, 0.717) is 18.2 Å². The number of carbonyl (C=O) groups excluding carboxylic acids is 1. The van der Waals surface area contributed by atoms with Gasteiger partial charge in [0.1, 0.15) is 10.1 Å². The smallest absolute Gasteiger partial charge is 0.226 e. The molecule has 0 fully saturated rings. The fourth-order valence-electron chi connectivity index (χ4n) is 2.17. The van der Waals surface area contributed by atoms with Gasteiger partial charge in [0.15, 0.2) is 5.13 Å². The van der Waals surface area contributed by atoms with Gasteiger partial charge in [0.2, 0.25) is 5.91 Å². The molecule has 2 aromatic rings. The molecule has 1 aromatic heterocycles. The summed E-state index contributed by atoms with van der Waals surface area (Å²) in [5.74, 6) is 2.64. The van der Waals surface area contributed by atoms with E-state index in [0.717, 1.165) is 39.4 Å². The minimum absolute atomic E-state index is 0.0105. The first-order chi connectivity index (χ1) is 12.2. The molecule has 132 valence electrons. The van der Waals surface area contributed by atoms with Gasteiger partial charge in [0.05, 0.1) is 18.8 Å². The Bertz CT molecular complexity index is 744. The van der Waals surface area contributed by atoms with Gasteiger partial charge in [-0.2, -0.15) is 0 Å². The molecule has 1 N–H and O–H groups in total. The summed E-state index contributed by atoms with van der Waals surface area (Å²) in [5, 5.41) is 5.45. The van der Waals surface area contributed by atoms with Crippen LogP contribution in [0.15, 0.2) is 34.6 Å². The largest absolute Gasteiger partial charge is 0.494 e. The Morgan fingerprint density at radius 3 is 2.92 bits per heavy atom. The summed E-state index contributed by atoms with van der Waals surface area (Å²) in [7, 11) is 0. The van der Waals surface area contributed by atoms with Crippen molar-refractivity contribution < 1.29 is 9.53 Å². The van der Waals surface area contributed by atoms with Gasteiger partial charge in [-0.15, -0.1) is 11.3 Å². The van der Waals surface area contributed by atoms with Crippen LogP contribution in [-0.4, -0.2) is 39.9 Å². The fraction of sp³-hybridized carbons (Fsp3) is 0.353. The SMILES string of the molecule is CCOc1ccc(-c2csc(NC(=O)CCSC3=NCCS3)n2)cc1. The van der Waals surface area contributed by atoms with Crippen LogP contribution in [0.5, 0.6) is 5.75 Å². The molecule has 0 spiro atoms. The second-order valence-electron chi connectivity index (χ2n) is 5.14. The number of amides is 1. The molecule has 3 rings (SSSR count). The minimum Gasteiger partial charge on any atom is -0.494 e. The number of nitrogens with one attached hydrogen (secondary N) is 1. The Balaban J connectivity index is 1.49. The molecule has 0 saturated carbocycles. The lowest BCUT2D eigenvalue weighted by molar-refractivity contribution is -0.115. The number of hydrogen-bond donors (Lipinski definition) is 1. The van der Waals surface area contributed by atoms with Gasteiger partial charge in [-0.05, 0) is 31.2 Å². The van der Waals surface area contributed by atoms with Crippen LogP contribution < -0.4 is 10.1 Å². The molecular formula is C17H19N3O2S3. The molecule has 0 aliphatic carbocycles. The average molecular weight is 394 g/mol. The fourth-order valence-corrected chi connectivity index (χ4v) is 4.92. The van der Waals surface area contributed by atoms with Gasteiger partial charge in [0.25, 0.3) is 0 Å².